The van der Waals surface area contributed by atoms with Gasteiger partial charge in [0.2, 0.25) is 0 Å². The van der Waals surface area contributed by atoms with E-state index in [1.807, 2.05) is 0 Å². The van der Waals surface area contributed by atoms with Crippen molar-refractivity contribution in [3.63, 3.8) is 0 Å². The molecular weight excluding hydrogens is 434 g/mol. The third kappa shape index (κ3) is 2.86. The Balaban J connectivity index is 0.00000306. The number of Topliss-reactive ketones (excluding diaryl/α,β-unsaturated/α-hetero) is 2. The molecular formula is C22H27N3O8. The van der Waals surface area contributed by atoms with E-state index in [9.17, 15) is 39.9 Å². The highest BCUT2D eigenvalue weighted by Crippen LogP contribution is 2.56. The van der Waals surface area contributed by atoms with E-state index in [0.29, 0.717) is 0 Å². The van der Waals surface area contributed by atoms with E-state index in [4.69, 9.17) is 5.73 Å². The monoisotopic (exact) mass is 461 g/mol. The van der Waals surface area contributed by atoms with Crippen molar-refractivity contribution in [1.29, 1.82) is 0 Å². The number of phenolic OH excluding ortho intramolecular Hbond substituents is 1. The minimum atomic E-state index is -2.86. The molecule has 1 amide bonds. The Hall–Kier alpha value is -3.25. The SMILES string of the molecule is CN(C)[C@H]1C(=O)C(C(N)=O)=C([O-])[C@@]2(O)C(=O)C3=C(O)c4c(O)cccc4[C@@](C)(O)[C@H]3C[C@@H]12.[NH4+]. The summed E-state index contributed by atoms with van der Waals surface area (Å²) in [5.74, 6) is -8.47. The number of amides is 1. The third-order valence-electron chi connectivity index (χ3n) is 7.00. The Morgan fingerprint density at radius 2 is 1.82 bits per heavy atom. The molecule has 11 nitrogen and oxygen atoms in total. The number of aliphatic hydroxyl groups is 3. The first kappa shape index (κ1) is 24.4. The van der Waals surface area contributed by atoms with Gasteiger partial charge >= 0.3 is 0 Å². The molecule has 1 saturated carbocycles. The van der Waals surface area contributed by atoms with Crippen LogP contribution in [-0.4, -0.2) is 68.5 Å². The van der Waals surface area contributed by atoms with Crippen molar-refractivity contribution < 1.29 is 39.9 Å². The van der Waals surface area contributed by atoms with Crippen molar-refractivity contribution in [2.75, 3.05) is 14.1 Å². The van der Waals surface area contributed by atoms with E-state index in [0.717, 1.165) is 0 Å². The Morgan fingerprint density at radius 3 is 2.36 bits per heavy atom. The molecule has 5 atom stereocenters. The van der Waals surface area contributed by atoms with Gasteiger partial charge in [-0.05, 0) is 39.1 Å². The summed E-state index contributed by atoms with van der Waals surface area (Å²) in [6.07, 6.45) is -0.240. The van der Waals surface area contributed by atoms with Crippen LogP contribution in [-0.2, 0) is 20.0 Å². The van der Waals surface area contributed by atoms with Gasteiger partial charge in [-0.1, -0.05) is 17.9 Å². The molecule has 10 N–H and O–H groups in total. The maximum Gasteiger partial charge on any atom is 0.251 e. The number of primary amides is 1. The number of nitrogens with zero attached hydrogens (tertiary/aromatic N) is 1. The Kier molecular flexibility index (Phi) is 5.46. The molecule has 0 unspecified atom stereocenters. The lowest BCUT2D eigenvalue weighted by atomic mass is 9.54. The van der Waals surface area contributed by atoms with Crippen LogP contribution in [0, 0.1) is 11.8 Å². The number of fused-ring (bicyclic) bond motifs is 3. The van der Waals surface area contributed by atoms with Gasteiger partial charge in [-0.25, -0.2) is 0 Å². The summed E-state index contributed by atoms with van der Waals surface area (Å²) >= 11 is 0. The molecule has 0 spiro atoms. The Bertz CT molecular complexity index is 1150. The summed E-state index contributed by atoms with van der Waals surface area (Å²) in [6, 6.07) is 2.94. The maximum absolute atomic E-state index is 13.6. The number of carbonyl (C=O) groups excluding carboxylic acids is 3. The molecule has 0 bridgehead atoms. The summed E-state index contributed by atoms with van der Waals surface area (Å²) in [5.41, 5.74) is -0.907. The number of nitrogens with two attached hydrogens (primary N) is 1. The zero-order valence-electron chi connectivity index (χ0n) is 18.6. The number of quaternary nitrogens is 1. The quantitative estimate of drug-likeness (QED) is 0.291. The number of aliphatic hydroxyl groups excluding tert-OH is 1. The molecule has 1 aromatic carbocycles. The molecule has 11 heteroatoms. The zero-order valence-corrected chi connectivity index (χ0v) is 18.6. The van der Waals surface area contributed by atoms with Gasteiger partial charge in [0.15, 0.2) is 11.6 Å². The van der Waals surface area contributed by atoms with Gasteiger partial charge in [-0.3, -0.25) is 19.3 Å². The van der Waals surface area contributed by atoms with Crippen molar-refractivity contribution in [3.05, 3.63) is 46.2 Å². The molecule has 4 rings (SSSR count). The summed E-state index contributed by atoms with van der Waals surface area (Å²) in [4.78, 5) is 39.8. The third-order valence-corrected chi connectivity index (χ3v) is 7.00. The van der Waals surface area contributed by atoms with Crippen LogP contribution in [0.1, 0.15) is 24.5 Å². The number of hydrogen-bond acceptors (Lipinski definition) is 9. The van der Waals surface area contributed by atoms with Crippen molar-refractivity contribution in [2.45, 2.75) is 30.6 Å². The van der Waals surface area contributed by atoms with E-state index >= 15 is 0 Å². The summed E-state index contributed by atoms with van der Waals surface area (Å²) in [7, 11) is 2.97. The normalized spacial score (nSPS) is 33.3. The molecule has 0 aliphatic heterocycles. The first-order valence-electron chi connectivity index (χ1n) is 9.95. The van der Waals surface area contributed by atoms with Crippen molar-refractivity contribution in [1.82, 2.24) is 11.1 Å². The summed E-state index contributed by atoms with van der Waals surface area (Å²) < 4.78 is 0. The average molecular weight is 461 g/mol. The van der Waals surface area contributed by atoms with Crippen LogP contribution in [0.25, 0.3) is 5.76 Å². The van der Waals surface area contributed by atoms with Gasteiger partial charge in [0.1, 0.15) is 17.1 Å². The lowest BCUT2D eigenvalue weighted by Gasteiger charge is -2.55. The lowest BCUT2D eigenvalue weighted by molar-refractivity contribution is -0.339. The fourth-order valence-electron chi connectivity index (χ4n) is 5.48. The molecule has 178 valence electrons. The van der Waals surface area contributed by atoms with E-state index in [-0.39, 0.29) is 23.7 Å². The fraction of sp³-hybridized carbons (Fsp3) is 0.409. The van der Waals surface area contributed by atoms with Crippen molar-refractivity contribution in [2.24, 2.45) is 17.6 Å². The van der Waals surface area contributed by atoms with E-state index in [1.54, 1.807) is 0 Å². The topological polar surface area (TPSA) is 221 Å². The number of likely N-dealkylation sites (N-methyl/N-ethyl adjacent to an activating group) is 1. The number of benzene rings is 1. The van der Waals surface area contributed by atoms with Gasteiger partial charge in [-0.15, -0.1) is 0 Å². The molecule has 33 heavy (non-hydrogen) atoms. The minimum absolute atomic E-state index is 0. The van der Waals surface area contributed by atoms with Gasteiger partial charge in [0.25, 0.3) is 5.91 Å². The largest absolute Gasteiger partial charge is 0.873 e. The first-order chi connectivity index (χ1) is 14.8. The predicted molar refractivity (Wildman–Crippen MR) is 113 cm³/mol. The molecule has 3 aliphatic rings. The van der Waals surface area contributed by atoms with Crippen LogP contribution < -0.4 is 17.0 Å². The highest BCUT2D eigenvalue weighted by Gasteiger charge is 2.63. The molecule has 1 fully saturated rings. The van der Waals surface area contributed by atoms with Crippen LogP contribution in [0.4, 0.5) is 0 Å². The molecule has 3 aliphatic carbocycles. The first-order valence-corrected chi connectivity index (χ1v) is 9.95. The zero-order chi connectivity index (χ0) is 23.9. The lowest BCUT2D eigenvalue weighted by Crippen LogP contribution is -2.68. The van der Waals surface area contributed by atoms with Crippen LogP contribution in [0.15, 0.2) is 35.1 Å². The van der Waals surface area contributed by atoms with E-state index in [1.165, 1.54) is 44.1 Å². The number of phenols is 1. The van der Waals surface area contributed by atoms with Crippen molar-refractivity contribution in [3.8, 4) is 5.75 Å². The summed E-state index contributed by atoms with van der Waals surface area (Å²) in [6.45, 7) is 1.39. The molecule has 0 saturated heterocycles. The van der Waals surface area contributed by atoms with E-state index < -0.39 is 75.0 Å². The van der Waals surface area contributed by atoms with Crippen LogP contribution >= 0.6 is 0 Å². The second-order valence-electron chi connectivity index (χ2n) is 8.94. The summed E-state index contributed by atoms with van der Waals surface area (Å²) in [5, 5.41) is 57.1. The number of ketones is 2. The highest BCUT2D eigenvalue weighted by molar-refractivity contribution is 6.24. The number of rotatable bonds is 2. The van der Waals surface area contributed by atoms with Gasteiger partial charge < -0.3 is 37.4 Å². The second-order valence-corrected chi connectivity index (χ2v) is 8.94. The molecule has 0 heterocycles. The molecule has 1 aromatic rings. The van der Waals surface area contributed by atoms with E-state index in [2.05, 4.69) is 0 Å². The smallest absolute Gasteiger partial charge is 0.251 e. The number of carbonyl (C=O) groups is 3. The van der Waals surface area contributed by atoms with Crippen LogP contribution in [0.5, 0.6) is 5.75 Å². The fourth-order valence-corrected chi connectivity index (χ4v) is 5.48. The highest BCUT2D eigenvalue weighted by atomic mass is 16.3. The van der Waals surface area contributed by atoms with Gasteiger partial charge in [-0.2, -0.15) is 0 Å². The van der Waals surface area contributed by atoms with Gasteiger partial charge in [0.05, 0.1) is 22.8 Å². The molecule has 0 radical (unpaired) electrons. The second kappa shape index (κ2) is 7.39. The standard InChI is InChI=1S/C22H24N2O8.H3N/c1-21(31)8-5-4-6-11(25)12(8)16(26)13-9(21)7-10-15(24(2)3)17(27)14(20(23)30)19(29)22(10,32)18(13)28;/h4-6,9-10,15,25-26,29,31-32H,7H2,1-3H3,(H2,23,30);1H3/t9-,10-,15+,21+,22-;/m0./s1. The minimum Gasteiger partial charge on any atom is -0.873 e. The van der Waals surface area contributed by atoms with Crippen LogP contribution in [0.2, 0.25) is 0 Å². The van der Waals surface area contributed by atoms with Crippen LogP contribution in [0.3, 0.4) is 0 Å². The number of hydrogen-bond donors (Lipinski definition) is 6. The Labute approximate surface area is 189 Å². The Morgan fingerprint density at radius 1 is 1.21 bits per heavy atom. The predicted octanol–water partition coefficient (Wildman–Crippen LogP) is -1.19. The molecule has 0 aromatic heterocycles. The number of aromatic hydroxyl groups is 1. The average Bonchev–Trinajstić information content (AvgIpc) is 2.68. The van der Waals surface area contributed by atoms with Gasteiger partial charge in [0, 0.05) is 17.4 Å². The maximum atomic E-state index is 13.6. The van der Waals surface area contributed by atoms with Crippen molar-refractivity contribution >= 4 is 23.2 Å².